The fraction of sp³-hybridized carbons (Fsp3) is 0.238. The Morgan fingerprint density at radius 2 is 1.81 bits per heavy atom. The molecule has 0 aliphatic heterocycles. The topological polar surface area (TPSA) is 84.0 Å². The molecule has 2 unspecified atom stereocenters. The van der Waals surface area contributed by atoms with Gasteiger partial charge in [-0.3, -0.25) is 14.9 Å². The second-order valence-electron chi connectivity index (χ2n) is 6.87. The van der Waals surface area contributed by atoms with E-state index in [2.05, 4.69) is 20.8 Å². The molecule has 3 rings (SSSR count). The highest BCUT2D eigenvalue weighted by atomic mass is 35.5. The van der Waals surface area contributed by atoms with E-state index in [1.165, 1.54) is 30.3 Å². The van der Waals surface area contributed by atoms with Gasteiger partial charge >= 0.3 is 0 Å². The van der Waals surface area contributed by atoms with Crippen molar-refractivity contribution < 1.29 is 14.0 Å². The molecule has 0 aliphatic rings. The van der Waals surface area contributed by atoms with Crippen LogP contribution in [0.5, 0.6) is 0 Å². The molecule has 0 saturated heterocycles. The van der Waals surface area contributed by atoms with Crippen molar-refractivity contribution in [1.29, 1.82) is 0 Å². The predicted octanol–water partition coefficient (Wildman–Crippen LogP) is 5.43. The van der Waals surface area contributed by atoms with Crippen molar-refractivity contribution in [2.75, 3.05) is 5.32 Å². The lowest BCUT2D eigenvalue weighted by atomic mass is 9.98. The third-order valence-electron chi connectivity index (χ3n) is 4.71. The summed E-state index contributed by atoms with van der Waals surface area (Å²) in [7, 11) is 0. The first-order chi connectivity index (χ1) is 14.8. The van der Waals surface area contributed by atoms with Crippen molar-refractivity contribution in [3.05, 3.63) is 63.9 Å². The van der Waals surface area contributed by atoms with E-state index in [9.17, 15) is 14.0 Å². The molecule has 0 radical (unpaired) electrons. The van der Waals surface area contributed by atoms with Crippen LogP contribution < -0.4 is 10.6 Å². The Balaban J connectivity index is 1.73. The Hall–Kier alpha value is -2.55. The molecule has 2 amide bonds. The van der Waals surface area contributed by atoms with Crippen LogP contribution in [0.1, 0.15) is 30.6 Å². The normalized spacial score (nSPS) is 12.8. The SMILES string of the molecule is CCC(C)C(NC(=O)c1ccc(Cl)c(Cl)c1)C(=O)Nc1nnc(-c2ccc(F)cc2)s1. The van der Waals surface area contributed by atoms with Gasteiger partial charge in [-0.25, -0.2) is 4.39 Å². The maximum atomic E-state index is 13.1. The van der Waals surface area contributed by atoms with Crippen LogP contribution in [-0.4, -0.2) is 28.1 Å². The number of anilines is 1. The van der Waals surface area contributed by atoms with Gasteiger partial charge in [-0.05, 0) is 48.4 Å². The number of nitrogens with zero attached hydrogens (tertiary/aromatic N) is 2. The Labute approximate surface area is 192 Å². The molecule has 0 spiro atoms. The van der Waals surface area contributed by atoms with Crippen molar-refractivity contribution in [2.45, 2.75) is 26.3 Å². The number of rotatable bonds is 7. The van der Waals surface area contributed by atoms with Gasteiger partial charge in [0.05, 0.1) is 10.0 Å². The van der Waals surface area contributed by atoms with Crippen LogP contribution >= 0.6 is 34.5 Å². The number of hydrogen-bond acceptors (Lipinski definition) is 5. The summed E-state index contributed by atoms with van der Waals surface area (Å²) in [5.41, 5.74) is 0.982. The predicted molar refractivity (Wildman–Crippen MR) is 121 cm³/mol. The van der Waals surface area contributed by atoms with Crippen molar-refractivity contribution in [1.82, 2.24) is 15.5 Å². The Kier molecular flexibility index (Phi) is 7.59. The molecule has 6 nitrogen and oxygen atoms in total. The van der Waals surface area contributed by atoms with Gasteiger partial charge in [-0.1, -0.05) is 54.8 Å². The summed E-state index contributed by atoms with van der Waals surface area (Å²) in [5.74, 6) is -1.35. The highest BCUT2D eigenvalue weighted by molar-refractivity contribution is 7.18. The van der Waals surface area contributed by atoms with Crippen LogP contribution in [0.4, 0.5) is 9.52 Å². The van der Waals surface area contributed by atoms with E-state index >= 15 is 0 Å². The van der Waals surface area contributed by atoms with Gasteiger partial charge in [0.25, 0.3) is 5.91 Å². The molecule has 0 aliphatic carbocycles. The monoisotopic (exact) mass is 480 g/mol. The maximum Gasteiger partial charge on any atom is 0.251 e. The molecule has 31 heavy (non-hydrogen) atoms. The minimum Gasteiger partial charge on any atom is -0.340 e. The zero-order valence-corrected chi connectivity index (χ0v) is 19.0. The molecule has 3 aromatic rings. The summed E-state index contributed by atoms with van der Waals surface area (Å²) in [4.78, 5) is 25.6. The second-order valence-corrected chi connectivity index (χ2v) is 8.67. The van der Waals surface area contributed by atoms with Crippen molar-refractivity contribution in [3.8, 4) is 10.6 Å². The average molecular weight is 481 g/mol. The fourth-order valence-electron chi connectivity index (χ4n) is 2.73. The number of nitrogens with one attached hydrogen (secondary N) is 2. The van der Waals surface area contributed by atoms with Gasteiger partial charge in [-0.2, -0.15) is 0 Å². The zero-order valence-electron chi connectivity index (χ0n) is 16.7. The lowest BCUT2D eigenvalue weighted by Gasteiger charge is -2.23. The number of aromatic nitrogens is 2. The molecule has 10 heteroatoms. The summed E-state index contributed by atoms with van der Waals surface area (Å²) < 4.78 is 13.1. The van der Waals surface area contributed by atoms with E-state index in [0.29, 0.717) is 27.6 Å². The summed E-state index contributed by atoms with van der Waals surface area (Å²) >= 11 is 13.0. The lowest BCUT2D eigenvalue weighted by Crippen LogP contribution is -2.47. The number of halogens is 3. The first-order valence-corrected chi connectivity index (χ1v) is 11.0. The summed E-state index contributed by atoms with van der Waals surface area (Å²) in [6.07, 6.45) is 0.663. The Morgan fingerprint density at radius 3 is 2.45 bits per heavy atom. The average Bonchev–Trinajstić information content (AvgIpc) is 3.22. The molecular weight excluding hydrogens is 462 g/mol. The molecule has 162 valence electrons. The molecule has 2 N–H and O–H groups in total. The first kappa shape index (κ1) is 23.1. The van der Waals surface area contributed by atoms with Gasteiger partial charge < -0.3 is 5.32 Å². The van der Waals surface area contributed by atoms with E-state index in [0.717, 1.165) is 11.3 Å². The largest absolute Gasteiger partial charge is 0.340 e. The van der Waals surface area contributed by atoms with Crippen LogP contribution in [0, 0.1) is 11.7 Å². The van der Waals surface area contributed by atoms with E-state index in [1.807, 2.05) is 13.8 Å². The molecule has 0 bridgehead atoms. The quantitative estimate of drug-likeness (QED) is 0.471. The van der Waals surface area contributed by atoms with E-state index in [-0.39, 0.29) is 21.9 Å². The standard InChI is InChI=1S/C21H19Cl2FN4O2S/c1-3-11(2)17(25-18(29)13-6-9-15(22)16(23)10-13)19(30)26-21-28-27-20(31-21)12-4-7-14(24)8-5-12/h4-11,17H,3H2,1-2H3,(H,25,29)(H,26,28,30). The van der Waals surface area contributed by atoms with Crippen molar-refractivity contribution in [3.63, 3.8) is 0 Å². The Bertz CT molecular complexity index is 1090. The van der Waals surface area contributed by atoms with Crippen molar-refractivity contribution >= 4 is 51.5 Å². The zero-order chi connectivity index (χ0) is 22.5. The van der Waals surface area contributed by atoms with Gasteiger partial charge in [-0.15, -0.1) is 10.2 Å². The fourth-order valence-corrected chi connectivity index (χ4v) is 3.78. The van der Waals surface area contributed by atoms with E-state index < -0.39 is 17.9 Å². The highest BCUT2D eigenvalue weighted by Crippen LogP contribution is 2.27. The van der Waals surface area contributed by atoms with Crippen LogP contribution in [-0.2, 0) is 4.79 Å². The maximum absolute atomic E-state index is 13.1. The number of amides is 2. The molecule has 1 aromatic heterocycles. The Morgan fingerprint density at radius 1 is 1.10 bits per heavy atom. The minimum atomic E-state index is -0.801. The highest BCUT2D eigenvalue weighted by Gasteiger charge is 2.27. The van der Waals surface area contributed by atoms with Crippen LogP contribution in [0.2, 0.25) is 10.0 Å². The third kappa shape index (κ3) is 5.78. The summed E-state index contributed by atoms with van der Waals surface area (Å²) in [5, 5.41) is 14.9. The van der Waals surface area contributed by atoms with Crippen molar-refractivity contribution in [2.24, 2.45) is 5.92 Å². The molecule has 2 aromatic carbocycles. The van der Waals surface area contributed by atoms with E-state index in [1.54, 1.807) is 12.1 Å². The first-order valence-electron chi connectivity index (χ1n) is 9.44. The van der Waals surface area contributed by atoms with Gasteiger partial charge in [0.1, 0.15) is 16.9 Å². The number of benzene rings is 2. The lowest BCUT2D eigenvalue weighted by molar-refractivity contribution is -0.119. The number of hydrogen-bond donors (Lipinski definition) is 2. The van der Waals surface area contributed by atoms with Crippen LogP contribution in [0.3, 0.4) is 0 Å². The summed E-state index contributed by atoms with van der Waals surface area (Å²) in [6.45, 7) is 3.79. The second kappa shape index (κ2) is 10.2. The van der Waals surface area contributed by atoms with Crippen LogP contribution in [0.25, 0.3) is 10.6 Å². The molecule has 1 heterocycles. The molecule has 0 saturated carbocycles. The molecule has 0 fully saturated rings. The minimum absolute atomic E-state index is 0.142. The molecular formula is C21H19Cl2FN4O2S. The van der Waals surface area contributed by atoms with Gasteiger partial charge in [0.2, 0.25) is 11.0 Å². The number of carbonyl (C=O) groups is 2. The third-order valence-corrected chi connectivity index (χ3v) is 6.34. The molecule has 2 atom stereocenters. The number of carbonyl (C=O) groups excluding carboxylic acids is 2. The van der Waals surface area contributed by atoms with Gasteiger partial charge in [0.15, 0.2) is 0 Å². The smallest absolute Gasteiger partial charge is 0.251 e. The van der Waals surface area contributed by atoms with E-state index in [4.69, 9.17) is 23.2 Å². The van der Waals surface area contributed by atoms with Gasteiger partial charge in [0, 0.05) is 11.1 Å². The van der Waals surface area contributed by atoms with Crippen LogP contribution in [0.15, 0.2) is 42.5 Å². The summed E-state index contributed by atoms with van der Waals surface area (Å²) in [6, 6.07) is 9.53.